The minimum Gasteiger partial charge on any atom is -0.497 e. The molecule has 0 radical (unpaired) electrons. The van der Waals surface area contributed by atoms with E-state index < -0.39 is 26.9 Å². The standard InChI is InChI=1S/C20H29NO9S.CH4.FH/c1-14(22)15(7-5-11-30-20(24)13-28-2)6-4-8-19(23)21-17-10-9-16(29-3)12-18(17)31(25,26)27;;/h9-10,12,15H,4-8,11,13H2,1-3H3,(H,21,23)(H,25,26,27);1H4;1H. The molecule has 0 aliphatic rings. The molecular formula is C21H34FNO9S. The Kier molecular flexibility index (Phi) is 15.9. The Hall–Kier alpha value is -2.57. The molecule has 33 heavy (non-hydrogen) atoms. The molecule has 1 aromatic rings. The molecule has 1 unspecified atom stereocenters. The number of esters is 1. The number of hydrogen-bond acceptors (Lipinski definition) is 8. The first-order valence-corrected chi connectivity index (χ1v) is 11.1. The van der Waals surface area contributed by atoms with Crippen molar-refractivity contribution >= 4 is 33.5 Å². The Morgan fingerprint density at radius 2 is 1.76 bits per heavy atom. The Labute approximate surface area is 194 Å². The molecule has 1 aromatic carbocycles. The highest BCUT2D eigenvalue weighted by Crippen LogP contribution is 2.26. The molecule has 1 amide bonds. The lowest BCUT2D eigenvalue weighted by molar-refractivity contribution is -0.148. The fourth-order valence-electron chi connectivity index (χ4n) is 2.89. The lowest BCUT2D eigenvalue weighted by Crippen LogP contribution is -2.17. The van der Waals surface area contributed by atoms with Gasteiger partial charge in [-0.3, -0.25) is 18.8 Å². The van der Waals surface area contributed by atoms with Crippen LogP contribution in [0.2, 0.25) is 0 Å². The molecule has 0 aliphatic heterocycles. The van der Waals surface area contributed by atoms with E-state index in [4.69, 9.17) is 9.47 Å². The Bertz CT molecular complexity index is 874. The van der Waals surface area contributed by atoms with Crippen molar-refractivity contribution in [3.63, 3.8) is 0 Å². The van der Waals surface area contributed by atoms with E-state index in [1.165, 1.54) is 33.3 Å². The number of anilines is 1. The number of rotatable bonds is 14. The Balaban J connectivity index is 0. The SMILES string of the molecule is C.COCC(=O)OCCCC(CCCC(=O)Nc1ccc(OC)cc1S(=O)(=O)O)C(C)=O.F. The van der Waals surface area contributed by atoms with E-state index in [0.29, 0.717) is 25.7 Å². The van der Waals surface area contributed by atoms with Crippen molar-refractivity contribution in [2.45, 2.75) is 51.3 Å². The second-order valence-electron chi connectivity index (χ2n) is 6.88. The number of nitrogens with one attached hydrogen (secondary N) is 1. The first kappa shape index (κ1) is 32.6. The van der Waals surface area contributed by atoms with Gasteiger partial charge in [0.25, 0.3) is 10.1 Å². The number of halogens is 1. The molecule has 190 valence electrons. The quantitative estimate of drug-likeness (QED) is 0.226. The summed E-state index contributed by atoms with van der Waals surface area (Å²) in [5, 5.41) is 2.46. The maximum absolute atomic E-state index is 12.2. The van der Waals surface area contributed by atoms with Gasteiger partial charge in [-0.1, -0.05) is 7.43 Å². The number of carbonyl (C=O) groups is 3. The number of benzene rings is 1. The lowest BCUT2D eigenvalue weighted by atomic mass is 9.93. The number of ketones is 1. The highest BCUT2D eigenvalue weighted by Gasteiger charge is 2.19. The molecule has 10 nitrogen and oxygen atoms in total. The average molecular weight is 496 g/mol. The van der Waals surface area contributed by atoms with E-state index in [1.807, 2.05) is 0 Å². The summed E-state index contributed by atoms with van der Waals surface area (Å²) in [5.74, 6) is -1.01. The highest BCUT2D eigenvalue weighted by molar-refractivity contribution is 7.86. The topological polar surface area (TPSA) is 145 Å². The summed E-state index contributed by atoms with van der Waals surface area (Å²) in [4.78, 5) is 34.8. The Morgan fingerprint density at radius 3 is 2.30 bits per heavy atom. The second-order valence-corrected chi connectivity index (χ2v) is 8.27. The van der Waals surface area contributed by atoms with Crippen LogP contribution in [-0.2, 0) is 34.0 Å². The van der Waals surface area contributed by atoms with Crippen molar-refractivity contribution in [2.75, 3.05) is 32.8 Å². The van der Waals surface area contributed by atoms with E-state index in [0.717, 1.165) is 6.07 Å². The average Bonchev–Trinajstić information content (AvgIpc) is 2.69. The summed E-state index contributed by atoms with van der Waals surface area (Å²) in [7, 11) is -1.83. The van der Waals surface area contributed by atoms with Gasteiger partial charge in [0.2, 0.25) is 5.91 Å². The van der Waals surface area contributed by atoms with Gasteiger partial charge in [0, 0.05) is 25.5 Å². The number of methoxy groups -OCH3 is 2. The van der Waals surface area contributed by atoms with Crippen LogP contribution in [-0.4, -0.2) is 58.1 Å². The van der Waals surface area contributed by atoms with Gasteiger partial charge in [-0.15, -0.1) is 0 Å². The van der Waals surface area contributed by atoms with Gasteiger partial charge in [-0.2, -0.15) is 8.42 Å². The zero-order valence-electron chi connectivity index (χ0n) is 18.3. The summed E-state index contributed by atoms with van der Waals surface area (Å²) in [6.45, 7) is 1.53. The number of amides is 1. The van der Waals surface area contributed by atoms with Gasteiger partial charge in [0.1, 0.15) is 23.0 Å². The predicted octanol–water partition coefficient (Wildman–Crippen LogP) is 3.01. The summed E-state index contributed by atoms with van der Waals surface area (Å²) in [6.07, 6.45) is 1.95. The van der Waals surface area contributed by atoms with E-state index in [1.54, 1.807) is 0 Å². The van der Waals surface area contributed by atoms with Crippen LogP contribution in [0.1, 0.15) is 46.5 Å². The van der Waals surface area contributed by atoms with Gasteiger partial charge in [0.15, 0.2) is 0 Å². The molecule has 0 bridgehead atoms. The number of carbonyl (C=O) groups excluding carboxylic acids is 3. The van der Waals surface area contributed by atoms with Crippen LogP contribution >= 0.6 is 0 Å². The van der Waals surface area contributed by atoms with Crippen molar-refractivity contribution in [2.24, 2.45) is 5.92 Å². The molecule has 0 spiro atoms. The van der Waals surface area contributed by atoms with Crippen LogP contribution in [0.25, 0.3) is 0 Å². The fourth-order valence-corrected chi connectivity index (χ4v) is 3.56. The zero-order valence-corrected chi connectivity index (χ0v) is 19.1. The molecule has 12 heteroatoms. The van der Waals surface area contributed by atoms with E-state index in [9.17, 15) is 27.4 Å². The van der Waals surface area contributed by atoms with Gasteiger partial charge < -0.3 is 19.5 Å². The third kappa shape index (κ3) is 12.3. The minimum absolute atomic E-state index is 0. The van der Waals surface area contributed by atoms with E-state index >= 15 is 0 Å². The molecule has 0 aliphatic carbocycles. The van der Waals surface area contributed by atoms with Crippen LogP contribution in [0.3, 0.4) is 0 Å². The van der Waals surface area contributed by atoms with Gasteiger partial charge in [-0.25, -0.2) is 4.79 Å². The fraction of sp³-hybridized carbons (Fsp3) is 0.571. The monoisotopic (exact) mass is 495 g/mol. The van der Waals surface area contributed by atoms with Crippen LogP contribution < -0.4 is 10.1 Å². The number of Topliss-reactive ketones (excluding diaryl/α,β-unsaturated/α-hetero) is 1. The van der Waals surface area contributed by atoms with Crippen molar-refractivity contribution in [1.29, 1.82) is 0 Å². The van der Waals surface area contributed by atoms with Crippen LogP contribution in [0.15, 0.2) is 23.1 Å². The molecule has 0 saturated heterocycles. The smallest absolute Gasteiger partial charge is 0.332 e. The Morgan fingerprint density at radius 1 is 1.12 bits per heavy atom. The van der Waals surface area contributed by atoms with Gasteiger partial charge >= 0.3 is 5.97 Å². The van der Waals surface area contributed by atoms with Crippen LogP contribution in [0.5, 0.6) is 5.75 Å². The van der Waals surface area contributed by atoms with Crippen molar-refractivity contribution in [3.05, 3.63) is 18.2 Å². The lowest BCUT2D eigenvalue weighted by Gasteiger charge is -2.14. The molecular weight excluding hydrogens is 461 g/mol. The normalized spacial score (nSPS) is 11.4. The maximum Gasteiger partial charge on any atom is 0.332 e. The summed E-state index contributed by atoms with van der Waals surface area (Å²) in [5.41, 5.74) is -0.0608. The molecule has 0 heterocycles. The third-order valence-electron chi connectivity index (χ3n) is 4.49. The van der Waals surface area contributed by atoms with Crippen molar-refractivity contribution in [3.8, 4) is 5.75 Å². The molecule has 0 saturated carbocycles. The largest absolute Gasteiger partial charge is 0.497 e. The van der Waals surface area contributed by atoms with Gasteiger partial charge in [-0.05, 0) is 44.7 Å². The van der Waals surface area contributed by atoms with E-state index in [2.05, 4.69) is 10.1 Å². The summed E-state index contributed by atoms with van der Waals surface area (Å²) in [6, 6.07) is 3.88. The highest BCUT2D eigenvalue weighted by atomic mass is 32.2. The minimum atomic E-state index is -4.56. The molecule has 1 rings (SSSR count). The first-order chi connectivity index (χ1) is 14.6. The van der Waals surface area contributed by atoms with E-state index in [-0.39, 0.29) is 54.9 Å². The third-order valence-corrected chi connectivity index (χ3v) is 5.39. The first-order valence-electron chi connectivity index (χ1n) is 9.68. The van der Waals surface area contributed by atoms with Crippen LogP contribution in [0.4, 0.5) is 10.4 Å². The molecule has 1 atom stereocenters. The van der Waals surface area contributed by atoms with Crippen molar-refractivity contribution in [1.82, 2.24) is 0 Å². The molecule has 0 fully saturated rings. The maximum atomic E-state index is 12.2. The molecule has 2 N–H and O–H groups in total. The zero-order chi connectivity index (χ0) is 23.4. The van der Waals surface area contributed by atoms with Crippen LogP contribution in [0, 0.1) is 5.92 Å². The summed E-state index contributed by atoms with van der Waals surface area (Å²) >= 11 is 0. The number of hydrogen-bond donors (Lipinski definition) is 2. The number of ether oxygens (including phenoxy) is 3. The predicted molar refractivity (Wildman–Crippen MR) is 121 cm³/mol. The van der Waals surface area contributed by atoms with Gasteiger partial charge in [0.05, 0.1) is 19.4 Å². The second kappa shape index (κ2) is 16.1. The van der Waals surface area contributed by atoms with Crippen molar-refractivity contribution < 1.29 is 46.3 Å². The summed E-state index contributed by atoms with van der Waals surface area (Å²) < 4.78 is 47.0. The molecule has 0 aromatic heterocycles.